The molecule has 2 aliphatic rings. The summed E-state index contributed by atoms with van der Waals surface area (Å²) >= 11 is 0. The number of carboxylic acid groups (broad SMARTS) is 1. The van der Waals surface area contributed by atoms with Crippen LogP contribution in [-0.4, -0.2) is 41.0 Å². The summed E-state index contributed by atoms with van der Waals surface area (Å²) in [5, 5.41) is 12.2. The molecule has 0 bridgehead atoms. The smallest absolute Gasteiger partial charge is 0.320 e. The highest BCUT2D eigenvalue weighted by molar-refractivity contribution is 5.80. The molecule has 5 nitrogen and oxygen atoms in total. The molecule has 1 aromatic rings. The number of nitrogens with zero attached hydrogens (tertiary/aromatic N) is 1. The average Bonchev–Trinajstić information content (AvgIpc) is 3.02. The highest BCUT2D eigenvalue weighted by atomic mass is 16.4. The number of aryl methyl sites for hydroxylation is 2. The zero-order valence-corrected chi connectivity index (χ0v) is 14.3. The fraction of sp³-hybridized carbons (Fsp3) is 0.579. The van der Waals surface area contributed by atoms with E-state index >= 15 is 0 Å². The number of benzene rings is 1. The Kier molecular flexibility index (Phi) is 5.19. The van der Waals surface area contributed by atoms with Crippen molar-refractivity contribution in [1.29, 1.82) is 0 Å². The van der Waals surface area contributed by atoms with Gasteiger partial charge >= 0.3 is 5.97 Å². The van der Waals surface area contributed by atoms with Gasteiger partial charge < -0.3 is 10.4 Å². The van der Waals surface area contributed by atoms with E-state index in [0.717, 1.165) is 24.8 Å². The van der Waals surface area contributed by atoms with Crippen LogP contribution in [-0.2, 0) is 22.4 Å². The summed E-state index contributed by atoms with van der Waals surface area (Å²) in [6, 6.07) is 5.93. The highest BCUT2D eigenvalue weighted by Gasteiger charge is 2.31. The van der Waals surface area contributed by atoms with Gasteiger partial charge in [-0.25, -0.2) is 0 Å². The summed E-state index contributed by atoms with van der Waals surface area (Å²) in [6.45, 7) is 2.82. The van der Waals surface area contributed by atoms with E-state index in [4.69, 9.17) is 0 Å². The van der Waals surface area contributed by atoms with Gasteiger partial charge in [-0.15, -0.1) is 0 Å². The Morgan fingerprint density at radius 2 is 2.00 bits per heavy atom. The Bertz CT molecular complexity index is 629. The van der Waals surface area contributed by atoms with Crippen molar-refractivity contribution in [3.63, 3.8) is 0 Å². The van der Waals surface area contributed by atoms with Gasteiger partial charge in [0.05, 0.1) is 12.6 Å². The number of aliphatic carboxylic acids is 1. The molecular formula is C19H26N2O3. The van der Waals surface area contributed by atoms with Crippen LogP contribution in [0, 0.1) is 0 Å². The molecule has 3 rings (SSSR count). The molecule has 1 aliphatic heterocycles. The molecule has 5 heteroatoms. The number of rotatable bonds is 5. The predicted octanol–water partition coefficient (Wildman–Crippen LogP) is 2.29. The Morgan fingerprint density at radius 3 is 2.75 bits per heavy atom. The van der Waals surface area contributed by atoms with E-state index in [2.05, 4.69) is 23.5 Å². The van der Waals surface area contributed by atoms with Crippen molar-refractivity contribution in [3.05, 3.63) is 34.9 Å². The van der Waals surface area contributed by atoms with Crippen LogP contribution in [0.15, 0.2) is 18.2 Å². The van der Waals surface area contributed by atoms with Crippen molar-refractivity contribution in [3.8, 4) is 0 Å². The van der Waals surface area contributed by atoms with Crippen molar-refractivity contribution >= 4 is 11.9 Å². The monoisotopic (exact) mass is 330 g/mol. The lowest BCUT2D eigenvalue weighted by atomic mass is 9.89. The lowest BCUT2D eigenvalue weighted by molar-refractivity contribution is -0.142. The van der Waals surface area contributed by atoms with Gasteiger partial charge in [0.1, 0.15) is 6.04 Å². The van der Waals surface area contributed by atoms with Crippen LogP contribution in [0.5, 0.6) is 0 Å². The molecule has 0 radical (unpaired) electrons. The van der Waals surface area contributed by atoms with Gasteiger partial charge in [0.2, 0.25) is 5.91 Å². The highest BCUT2D eigenvalue weighted by Crippen LogP contribution is 2.25. The fourth-order valence-corrected chi connectivity index (χ4v) is 3.87. The second-order valence-electron chi connectivity index (χ2n) is 6.99. The number of hydrogen-bond acceptors (Lipinski definition) is 3. The maximum Gasteiger partial charge on any atom is 0.320 e. The standard InChI is InChI=1S/C19H26N2O3/c1-13(15-9-8-14-5-2-3-6-16(14)11-15)20-18(22)12-21-10-4-7-17(21)19(23)24/h8-9,11,13,17H,2-7,10,12H2,1H3,(H,20,22)(H,23,24)/t13-,17+/m1/s1. The van der Waals surface area contributed by atoms with Crippen LogP contribution in [0.1, 0.15) is 55.3 Å². The van der Waals surface area contributed by atoms with Gasteiger partial charge in [0.15, 0.2) is 0 Å². The van der Waals surface area contributed by atoms with Gasteiger partial charge in [-0.2, -0.15) is 0 Å². The summed E-state index contributed by atoms with van der Waals surface area (Å²) in [5.41, 5.74) is 3.97. The third-order valence-electron chi connectivity index (χ3n) is 5.25. The number of hydrogen-bond donors (Lipinski definition) is 2. The molecule has 0 spiro atoms. The van der Waals surface area contributed by atoms with Crippen molar-refractivity contribution in [2.45, 2.75) is 57.5 Å². The minimum Gasteiger partial charge on any atom is -0.480 e. The van der Waals surface area contributed by atoms with E-state index < -0.39 is 12.0 Å². The summed E-state index contributed by atoms with van der Waals surface area (Å²) in [7, 11) is 0. The van der Waals surface area contributed by atoms with Gasteiger partial charge in [-0.3, -0.25) is 14.5 Å². The lowest BCUT2D eigenvalue weighted by Gasteiger charge is -2.23. The van der Waals surface area contributed by atoms with Gasteiger partial charge in [-0.1, -0.05) is 18.2 Å². The third kappa shape index (κ3) is 3.78. The maximum absolute atomic E-state index is 12.3. The van der Waals surface area contributed by atoms with Gasteiger partial charge in [0.25, 0.3) is 0 Å². The molecule has 0 aromatic heterocycles. The number of carbonyl (C=O) groups is 2. The van der Waals surface area contributed by atoms with Crippen molar-refractivity contribution in [2.24, 2.45) is 0 Å². The average molecular weight is 330 g/mol. The molecule has 1 saturated heterocycles. The first kappa shape index (κ1) is 17.0. The van der Waals surface area contributed by atoms with Crippen molar-refractivity contribution in [2.75, 3.05) is 13.1 Å². The topological polar surface area (TPSA) is 69.6 Å². The molecule has 1 fully saturated rings. The number of fused-ring (bicyclic) bond motifs is 1. The van der Waals surface area contributed by atoms with Crippen molar-refractivity contribution in [1.82, 2.24) is 10.2 Å². The third-order valence-corrected chi connectivity index (χ3v) is 5.25. The Balaban J connectivity index is 1.59. The minimum atomic E-state index is -0.831. The molecule has 2 N–H and O–H groups in total. The SMILES string of the molecule is C[C@@H](NC(=O)CN1CCC[C@H]1C(=O)O)c1ccc2c(c1)CCCC2. The number of carboxylic acids is 1. The molecule has 130 valence electrons. The van der Waals surface area contributed by atoms with Crippen LogP contribution in [0.3, 0.4) is 0 Å². The zero-order chi connectivity index (χ0) is 17.1. The van der Waals surface area contributed by atoms with E-state index in [9.17, 15) is 14.7 Å². The maximum atomic E-state index is 12.3. The van der Waals surface area contributed by atoms with Crippen LogP contribution in [0.4, 0.5) is 0 Å². The van der Waals surface area contributed by atoms with Crippen LogP contribution in [0.2, 0.25) is 0 Å². The lowest BCUT2D eigenvalue weighted by Crippen LogP contribution is -2.43. The van der Waals surface area contributed by atoms with Crippen molar-refractivity contribution < 1.29 is 14.7 Å². The van der Waals surface area contributed by atoms with Gasteiger partial charge in [0, 0.05) is 0 Å². The number of carbonyl (C=O) groups excluding carboxylic acids is 1. The summed E-state index contributed by atoms with van der Waals surface area (Å²) in [6.07, 6.45) is 6.25. The largest absolute Gasteiger partial charge is 0.480 e. The molecular weight excluding hydrogens is 304 g/mol. The Hall–Kier alpha value is -1.88. The molecule has 0 unspecified atom stereocenters. The van der Waals surface area contributed by atoms with E-state index in [1.165, 1.54) is 24.0 Å². The number of likely N-dealkylation sites (tertiary alicyclic amines) is 1. The van der Waals surface area contributed by atoms with Gasteiger partial charge in [-0.05, 0) is 68.7 Å². The molecule has 24 heavy (non-hydrogen) atoms. The predicted molar refractivity (Wildman–Crippen MR) is 91.9 cm³/mol. The fourth-order valence-electron chi connectivity index (χ4n) is 3.87. The Labute approximate surface area is 143 Å². The van der Waals surface area contributed by atoms with E-state index in [-0.39, 0.29) is 18.5 Å². The summed E-state index contributed by atoms with van der Waals surface area (Å²) < 4.78 is 0. The quantitative estimate of drug-likeness (QED) is 0.869. The zero-order valence-electron chi connectivity index (χ0n) is 14.3. The van der Waals surface area contributed by atoms with E-state index in [1.54, 1.807) is 4.90 Å². The first-order valence-corrected chi connectivity index (χ1v) is 8.92. The van der Waals surface area contributed by atoms with E-state index in [0.29, 0.717) is 13.0 Å². The second-order valence-corrected chi connectivity index (χ2v) is 6.99. The summed E-state index contributed by atoms with van der Waals surface area (Å²) in [4.78, 5) is 25.3. The van der Waals surface area contributed by atoms with Crippen LogP contribution in [0.25, 0.3) is 0 Å². The number of amides is 1. The molecule has 0 saturated carbocycles. The summed E-state index contributed by atoms with van der Waals surface area (Å²) in [5.74, 6) is -0.934. The molecule has 1 aromatic carbocycles. The number of nitrogens with one attached hydrogen (secondary N) is 1. The van der Waals surface area contributed by atoms with Crippen LogP contribution < -0.4 is 5.32 Å². The van der Waals surface area contributed by atoms with E-state index in [1.807, 2.05) is 6.92 Å². The molecule has 1 heterocycles. The first-order valence-electron chi connectivity index (χ1n) is 8.92. The normalized spacial score (nSPS) is 22.0. The van der Waals surface area contributed by atoms with Crippen LogP contribution >= 0.6 is 0 Å². The minimum absolute atomic E-state index is 0.0596. The molecule has 1 amide bonds. The second kappa shape index (κ2) is 7.34. The first-order chi connectivity index (χ1) is 11.5. The Morgan fingerprint density at radius 1 is 1.25 bits per heavy atom. The molecule has 1 aliphatic carbocycles. The molecule has 2 atom stereocenters.